The van der Waals surface area contributed by atoms with Crippen molar-refractivity contribution in [2.75, 3.05) is 13.1 Å². The highest BCUT2D eigenvalue weighted by atomic mass is 35.5. The SMILES string of the molecule is Cl.N#CCC1CCCNC1. The molecule has 1 saturated heterocycles. The number of rotatable bonds is 1. The Labute approximate surface area is 68.0 Å². The number of nitriles is 1. The van der Waals surface area contributed by atoms with Crippen LogP contribution >= 0.6 is 12.4 Å². The van der Waals surface area contributed by atoms with Crippen molar-refractivity contribution in [3.63, 3.8) is 0 Å². The van der Waals surface area contributed by atoms with Crippen LogP contribution in [0.15, 0.2) is 0 Å². The molecule has 1 unspecified atom stereocenters. The first-order chi connectivity index (χ1) is 4.43. The molecule has 0 aromatic rings. The fraction of sp³-hybridized carbons (Fsp3) is 0.857. The van der Waals surface area contributed by atoms with Crippen LogP contribution in [0.25, 0.3) is 0 Å². The van der Waals surface area contributed by atoms with Gasteiger partial charge in [-0.3, -0.25) is 0 Å². The van der Waals surface area contributed by atoms with Crippen LogP contribution < -0.4 is 5.32 Å². The molecule has 0 aromatic carbocycles. The normalized spacial score (nSPS) is 24.5. The van der Waals surface area contributed by atoms with Crippen LogP contribution in [0.5, 0.6) is 0 Å². The van der Waals surface area contributed by atoms with Crippen LogP contribution in [-0.2, 0) is 0 Å². The van der Waals surface area contributed by atoms with Crippen LogP contribution in [0.3, 0.4) is 0 Å². The Morgan fingerprint density at radius 2 is 2.40 bits per heavy atom. The van der Waals surface area contributed by atoms with E-state index in [-0.39, 0.29) is 12.4 Å². The lowest BCUT2D eigenvalue weighted by Crippen LogP contribution is -2.29. The number of hydrogen-bond acceptors (Lipinski definition) is 2. The molecule has 1 heterocycles. The zero-order valence-electron chi connectivity index (χ0n) is 5.97. The second kappa shape index (κ2) is 5.52. The minimum Gasteiger partial charge on any atom is -0.316 e. The monoisotopic (exact) mass is 160 g/mol. The third-order valence-electron chi connectivity index (χ3n) is 1.78. The van der Waals surface area contributed by atoms with Gasteiger partial charge in [-0.2, -0.15) is 5.26 Å². The third kappa shape index (κ3) is 3.05. The van der Waals surface area contributed by atoms with E-state index in [4.69, 9.17) is 5.26 Å². The van der Waals surface area contributed by atoms with Crippen molar-refractivity contribution >= 4 is 12.4 Å². The maximum Gasteiger partial charge on any atom is 0.0625 e. The van der Waals surface area contributed by atoms with Gasteiger partial charge in [0.2, 0.25) is 0 Å². The van der Waals surface area contributed by atoms with E-state index in [0.717, 1.165) is 19.5 Å². The molecule has 10 heavy (non-hydrogen) atoms. The van der Waals surface area contributed by atoms with Crippen molar-refractivity contribution < 1.29 is 0 Å². The molecule has 1 rings (SSSR count). The van der Waals surface area contributed by atoms with E-state index in [1.54, 1.807) is 0 Å². The smallest absolute Gasteiger partial charge is 0.0625 e. The van der Waals surface area contributed by atoms with Gasteiger partial charge in [0.1, 0.15) is 0 Å². The van der Waals surface area contributed by atoms with Crippen LogP contribution in [0.4, 0.5) is 0 Å². The molecule has 0 bridgehead atoms. The largest absolute Gasteiger partial charge is 0.316 e. The summed E-state index contributed by atoms with van der Waals surface area (Å²) in [4.78, 5) is 0. The Morgan fingerprint density at radius 1 is 1.60 bits per heavy atom. The summed E-state index contributed by atoms with van der Waals surface area (Å²) in [5.74, 6) is 0.628. The summed E-state index contributed by atoms with van der Waals surface area (Å²) in [6, 6.07) is 2.20. The lowest BCUT2D eigenvalue weighted by atomic mass is 9.97. The van der Waals surface area contributed by atoms with Crippen LogP contribution in [0.1, 0.15) is 19.3 Å². The second-order valence-electron chi connectivity index (χ2n) is 2.57. The number of piperidine rings is 1. The summed E-state index contributed by atoms with van der Waals surface area (Å²) >= 11 is 0. The molecular weight excluding hydrogens is 148 g/mol. The second-order valence-corrected chi connectivity index (χ2v) is 2.57. The molecule has 0 spiro atoms. The summed E-state index contributed by atoms with van der Waals surface area (Å²) in [5.41, 5.74) is 0. The number of halogens is 1. The minimum absolute atomic E-state index is 0. The number of nitrogens with one attached hydrogen (secondary N) is 1. The van der Waals surface area contributed by atoms with Crippen molar-refractivity contribution in [2.45, 2.75) is 19.3 Å². The van der Waals surface area contributed by atoms with Gasteiger partial charge in [-0.1, -0.05) is 0 Å². The van der Waals surface area contributed by atoms with Crippen LogP contribution in [0.2, 0.25) is 0 Å². The van der Waals surface area contributed by atoms with E-state index in [0.29, 0.717) is 5.92 Å². The van der Waals surface area contributed by atoms with Crippen LogP contribution in [-0.4, -0.2) is 13.1 Å². The van der Waals surface area contributed by atoms with Gasteiger partial charge in [0.15, 0.2) is 0 Å². The van der Waals surface area contributed by atoms with Crippen molar-refractivity contribution in [1.82, 2.24) is 5.32 Å². The first-order valence-electron chi connectivity index (χ1n) is 3.51. The molecule has 1 N–H and O–H groups in total. The fourth-order valence-corrected chi connectivity index (χ4v) is 1.23. The zero-order chi connectivity index (χ0) is 6.53. The molecule has 1 atom stereocenters. The first kappa shape index (κ1) is 9.74. The zero-order valence-corrected chi connectivity index (χ0v) is 6.78. The summed E-state index contributed by atoms with van der Waals surface area (Å²) in [6.45, 7) is 2.19. The highest BCUT2D eigenvalue weighted by Crippen LogP contribution is 2.12. The first-order valence-corrected chi connectivity index (χ1v) is 3.51. The van der Waals surface area contributed by atoms with Gasteiger partial charge < -0.3 is 5.32 Å². The Balaban J connectivity index is 0.000000810. The fourth-order valence-electron chi connectivity index (χ4n) is 1.23. The summed E-state index contributed by atoms with van der Waals surface area (Å²) in [6.07, 6.45) is 3.21. The molecule has 1 aliphatic heterocycles. The highest BCUT2D eigenvalue weighted by molar-refractivity contribution is 5.85. The summed E-state index contributed by atoms with van der Waals surface area (Å²) in [7, 11) is 0. The summed E-state index contributed by atoms with van der Waals surface area (Å²) in [5, 5.41) is 11.6. The Kier molecular flexibility index (Phi) is 5.38. The Morgan fingerprint density at radius 3 is 2.90 bits per heavy atom. The molecule has 2 nitrogen and oxygen atoms in total. The average Bonchev–Trinajstić information content (AvgIpc) is 1.91. The summed E-state index contributed by atoms with van der Waals surface area (Å²) < 4.78 is 0. The van der Waals surface area contributed by atoms with Gasteiger partial charge in [0, 0.05) is 6.42 Å². The molecule has 0 saturated carbocycles. The molecule has 0 aliphatic carbocycles. The van der Waals surface area contributed by atoms with Gasteiger partial charge in [-0.05, 0) is 31.8 Å². The average molecular weight is 161 g/mol. The standard InChI is InChI=1S/C7H12N2.ClH/c8-4-3-7-2-1-5-9-6-7;/h7,9H,1-3,5-6H2;1H. The lowest BCUT2D eigenvalue weighted by molar-refractivity contribution is 0.383. The van der Waals surface area contributed by atoms with E-state index < -0.39 is 0 Å². The predicted molar refractivity (Wildman–Crippen MR) is 43.1 cm³/mol. The molecule has 0 aromatic heterocycles. The van der Waals surface area contributed by atoms with Crippen molar-refractivity contribution in [1.29, 1.82) is 5.26 Å². The van der Waals surface area contributed by atoms with E-state index in [9.17, 15) is 0 Å². The Bertz CT molecular complexity index is 113. The molecule has 3 heteroatoms. The van der Waals surface area contributed by atoms with Gasteiger partial charge in [0.05, 0.1) is 6.07 Å². The molecule has 58 valence electrons. The van der Waals surface area contributed by atoms with Gasteiger partial charge in [-0.25, -0.2) is 0 Å². The predicted octanol–water partition coefficient (Wildman–Crippen LogP) is 1.32. The van der Waals surface area contributed by atoms with Gasteiger partial charge >= 0.3 is 0 Å². The molecule has 0 amide bonds. The van der Waals surface area contributed by atoms with E-state index in [1.807, 2.05) is 0 Å². The maximum atomic E-state index is 8.34. The maximum absolute atomic E-state index is 8.34. The lowest BCUT2D eigenvalue weighted by Gasteiger charge is -2.19. The highest BCUT2D eigenvalue weighted by Gasteiger charge is 2.10. The van der Waals surface area contributed by atoms with Crippen molar-refractivity contribution in [3.8, 4) is 6.07 Å². The van der Waals surface area contributed by atoms with E-state index >= 15 is 0 Å². The molecule has 1 aliphatic rings. The topological polar surface area (TPSA) is 35.8 Å². The van der Waals surface area contributed by atoms with Crippen molar-refractivity contribution in [3.05, 3.63) is 0 Å². The Hall–Kier alpha value is -0.260. The van der Waals surface area contributed by atoms with Gasteiger partial charge in [0.25, 0.3) is 0 Å². The third-order valence-corrected chi connectivity index (χ3v) is 1.78. The van der Waals surface area contributed by atoms with Crippen LogP contribution in [0, 0.1) is 17.2 Å². The van der Waals surface area contributed by atoms with Crippen molar-refractivity contribution in [2.24, 2.45) is 5.92 Å². The molecule has 0 radical (unpaired) electrons. The quantitative estimate of drug-likeness (QED) is 0.628. The van der Waals surface area contributed by atoms with E-state index in [1.165, 1.54) is 12.8 Å². The van der Waals surface area contributed by atoms with E-state index in [2.05, 4.69) is 11.4 Å². The van der Waals surface area contributed by atoms with Gasteiger partial charge in [-0.15, -0.1) is 12.4 Å². The minimum atomic E-state index is 0. The number of nitrogens with zero attached hydrogens (tertiary/aromatic N) is 1. The molecular formula is C7H13ClN2. The number of hydrogen-bond donors (Lipinski definition) is 1. The molecule has 1 fully saturated rings.